The molecule has 234 valence electrons. The maximum Gasteiger partial charge on any atom is 0.210 e. The minimum absolute atomic E-state index is 0.00904. The van der Waals surface area contributed by atoms with Crippen molar-refractivity contribution in [2.24, 2.45) is 16.6 Å². The van der Waals surface area contributed by atoms with Crippen molar-refractivity contribution in [3.8, 4) is 17.7 Å². The van der Waals surface area contributed by atoms with Crippen LogP contribution in [0.5, 0.6) is 11.5 Å². The van der Waals surface area contributed by atoms with E-state index in [1.54, 1.807) is 6.07 Å². The molecule has 4 heterocycles. The Kier molecular flexibility index (Phi) is 6.01. The number of likely N-dealkylation sites (tertiary alicyclic amines) is 2. The maximum absolute atomic E-state index is 13.1. The molecule has 9 rings (SSSR count). The van der Waals surface area contributed by atoms with E-state index in [9.17, 15) is 15.5 Å². The second kappa shape index (κ2) is 9.84. The molecule has 11 nitrogen and oxygen atoms in total. The van der Waals surface area contributed by atoms with Crippen LogP contribution in [0, 0.1) is 17.4 Å². The fraction of sp³-hybridized carbons (Fsp3) is 0.529. The number of nitrogens with one attached hydrogen (secondary N) is 3. The van der Waals surface area contributed by atoms with E-state index in [0.29, 0.717) is 24.7 Å². The number of phenols is 1. The van der Waals surface area contributed by atoms with Gasteiger partial charge in [-0.1, -0.05) is 12.1 Å². The lowest BCUT2D eigenvalue weighted by molar-refractivity contribution is -0.173. The second-order valence-electron chi connectivity index (χ2n) is 14.0. The van der Waals surface area contributed by atoms with Crippen molar-refractivity contribution in [2.45, 2.75) is 74.3 Å². The molecule has 1 aromatic heterocycles. The van der Waals surface area contributed by atoms with Gasteiger partial charge in [0.05, 0.1) is 16.7 Å². The SMILES string of the molecule is N#CN/C(=N/C1CCCN1CCN)Nc1ccc2c3c([nH]c2c1)[C@@H]1Oc2c(O)ccc4c2[C@@]12CCN(CC1CC1)C(C4)[C@]2(O)C3. The summed E-state index contributed by atoms with van der Waals surface area (Å²) in [7, 11) is 0. The highest BCUT2D eigenvalue weighted by Gasteiger charge is 2.72. The number of aromatic hydroxyl groups is 1. The number of piperidine rings is 1. The summed E-state index contributed by atoms with van der Waals surface area (Å²) in [4.78, 5) is 13.3. The number of aliphatic imine (C=N–C) groups is 1. The maximum atomic E-state index is 13.1. The fourth-order valence-electron chi connectivity index (χ4n) is 9.52. The number of fused-ring (bicyclic) bond motifs is 4. The van der Waals surface area contributed by atoms with Crippen LogP contribution in [0.25, 0.3) is 10.9 Å². The second-order valence-corrected chi connectivity index (χ2v) is 14.0. The quantitative estimate of drug-likeness (QED) is 0.107. The number of hydrogen-bond donors (Lipinski definition) is 6. The normalized spacial score (nSPS) is 31.8. The van der Waals surface area contributed by atoms with E-state index < -0.39 is 17.1 Å². The number of benzene rings is 2. The van der Waals surface area contributed by atoms with Crippen LogP contribution >= 0.6 is 0 Å². The van der Waals surface area contributed by atoms with Crippen molar-refractivity contribution in [3.05, 3.63) is 52.7 Å². The molecular formula is C34H40N8O3. The molecule has 6 aliphatic rings. The van der Waals surface area contributed by atoms with E-state index in [0.717, 1.165) is 91.2 Å². The van der Waals surface area contributed by atoms with E-state index in [-0.39, 0.29) is 18.0 Å². The van der Waals surface area contributed by atoms with E-state index in [1.807, 2.05) is 24.4 Å². The summed E-state index contributed by atoms with van der Waals surface area (Å²) in [5.74, 6) is 1.82. The number of phenolic OH excluding ortho intramolecular Hbond substituents is 1. The van der Waals surface area contributed by atoms with Crippen LogP contribution in [-0.2, 0) is 18.3 Å². The highest BCUT2D eigenvalue weighted by molar-refractivity contribution is 5.97. The molecule has 11 heteroatoms. The average Bonchev–Trinajstić information content (AvgIpc) is 3.44. The summed E-state index contributed by atoms with van der Waals surface area (Å²) in [5, 5.41) is 40.6. The van der Waals surface area contributed by atoms with Gasteiger partial charge in [-0.2, -0.15) is 5.26 Å². The van der Waals surface area contributed by atoms with Gasteiger partial charge in [-0.05, 0) is 80.3 Å². The van der Waals surface area contributed by atoms with Crippen molar-refractivity contribution >= 4 is 22.5 Å². The Morgan fingerprint density at radius 3 is 2.91 bits per heavy atom. The summed E-state index contributed by atoms with van der Waals surface area (Å²) in [5.41, 5.74) is 10.2. The summed E-state index contributed by atoms with van der Waals surface area (Å²) < 4.78 is 6.74. The monoisotopic (exact) mass is 608 g/mol. The van der Waals surface area contributed by atoms with Gasteiger partial charge in [0, 0.05) is 60.8 Å². The molecule has 45 heavy (non-hydrogen) atoms. The van der Waals surface area contributed by atoms with Gasteiger partial charge in [0.2, 0.25) is 5.96 Å². The summed E-state index contributed by atoms with van der Waals surface area (Å²) in [6.45, 7) is 4.24. The van der Waals surface area contributed by atoms with Crippen LogP contribution in [0.2, 0.25) is 0 Å². The van der Waals surface area contributed by atoms with Crippen LogP contribution in [0.4, 0.5) is 5.69 Å². The first-order valence-corrected chi connectivity index (χ1v) is 16.5. The number of anilines is 1. The summed E-state index contributed by atoms with van der Waals surface area (Å²) >= 11 is 0. The highest BCUT2D eigenvalue weighted by Crippen LogP contribution is 2.69. The lowest BCUT2D eigenvalue weighted by Gasteiger charge is -2.62. The molecule has 1 saturated carbocycles. The third-order valence-corrected chi connectivity index (χ3v) is 11.6. The van der Waals surface area contributed by atoms with Crippen LogP contribution in [-0.4, -0.2) is 81.5 Å². The Labute approximate surface area is 262 Å². The zero-order chi connectivity index (χ0) is 30.5. The minimum Gasteiger partial charge on any atom is -0.504 e. The Morgan fingerprint density at radius 2 is 2.09 bits per heavy atom. The molecule has 3 fully saturated rings. The van der Waals surface area contributed by atoms with Gasteiger partial charge in [-0.3, -0.25) is 15.1 Å². The fourth-order valence-corrected chi connectivity index (χ4v) is 9.52. The van der Waals surface area contributed by atoms with Crippen LogP contribution in [0.3, 0.4) is 0 Å². The third kappa shape index (κ3) is 3.86. The number of nitrogens with zero attached hydrogens (tertiary/aromatic N) is 4. The van der Waals surface area contributed by atoms with Gasteiger partial charge in [0.15, 0.2) is 23.8 Å². The van der Waals surface area contributed by atoms with Gasteiger partial charge in [0.1, 0.15) is 6.17 Å². The van der Waals surface area contributed by atoms with Crippen molar-refractivity contribution in [2.75, 3.05) is 38.0 Å². The van der Waals surface area contributed by atoms with E-state index >= 15 is 0 Å². The predicted molar refractivity (Wildman–Crippen MR) is 170 cm³/mol. The van der Waals surface area contributed by atoms with Crippen LogP contribution in [0.1, 0.15) is 60.6 Å². The number of aromatic amines is 1. The molecule has 7 N–H and O–H groups in total. The molecule has 2 unspecified atom stereocenters. The lowest BCUT2D eigenvalue weighted by atomic mass is 9.49. The number of ether oxygens (including phenoxy) is 1. The number of rotatable bonds is 6. The van der Waals surface area contributed by atoms with Gasteiger partial charge >= 0.3 is 0 Å². The van der Waals surface area contributed by atoms with E-state index in [1.165, 1.54) is 18.4 Å². The number of guanidine groups is 1. The van der Waals surface area contributed by atoms with Crippen molar-refractivity contribution in [3.63, 3.8) is 0 Å². The van der Waals surface area contributed by atoms with Crippen molar-refractivity contribution in [1.82, 2.24) is 20.1 Å². The van der Waals surface area contributed by atoms with Gasteiger partial charge in [-0.15, -0.1) is 0 Å². The largest absolute Gasteiger partial charge is 0.504 e. The standard InChI is InChI=1S/C34H40N8O3/c35-10-13-41-11-1-2-27(41)40-32(37-18-36)38-21-6-7-22-23-16-34(44)26-14-20-5-8-25(43)30-28(20)33(34,9-12-42(26)17-19-3-4-19)31(45-30)29(23)39-24(22)15-21/h5-8,15,19,26-27,31,39,43-44H,1-4,9-14,16-17,35H2,(H2,37,38,40)/t26?,27?,31-,33-,34+/m0/s1. The number of aromatic nitrogens is 1. The Balaban J connectivity index is 1.11. The third-order valence-electron chi connectivity index (χ3n) is 11.6. The molecule has 3 aliphatic heterocycles. The first kappa shape index (κ1) is 27.5. The zero-order valence-corrected chi connectivity index (χ0v) is 25.4. The number of hydrogen-bond acceptors (Lipinski definition) is 8. The highest BCUT2D eigenvalue weighted by atomic mass is 16.5. The number of nitriles is 1. The first-order chi connectivity index (χ1) is 21.9. The van der Waals surface area contributed by atoms with E-state index in [4.69, 9.17) is 15.5 Å². The van der Waals surface area contributed by atoms with Gasteiger partial charge < -0.3 is 31.0 Å². The minimum atomic E-state index is -1.02. The molecule has 0 amide bonds. The Bertz CT molecular complexity index is 1780. The number of nitrogens with two attached hydrogens (primary N) is 1. The lowest BCUT2D eigenvalue weighted by Crippen LogP contribution is -2.74. The molecule has 2 saturated heterocycles. The predicted octanol–water partition coefficient (Wildman–Crippen LogP) is 2.79. The van der Waals surface area contributed by atoms with Crippen LogP contribution < -0.4 is 21.1 Å². The van der Waals surface area contributed by atoms with Crippen molar-refractivity contribution < 1.29 is 14.9 Å². The van der Waals surface area contributed by atoms with Gasteiger partial charge in [-0.25, -0.2) is 4.99 Å². The van der Waals surface area contributed by atoms with Crippen molar-refractivity contribution in [1.29, 1.82) is 5.26 Å². The average molecular weight is 609 g/mol. The smallest absolute Gasteiger partial charge is 0.210 e. The summed E-state index contributed by atoms with van der Waals surface area (Å²) in [6, 6.07) is 9.91. The molecule has 3 aromatic rings. The Hall–Kier alpha value is -3.82. The molecule has 5 atom stereocenters. The molecule has 0 radical (unpaired) electrons. The molecule has 1 spiro atoms. The van der Waals surface area contributed by atoms with Gasteiger partial charge in [0.25, 0.3) is 0 Å². The molecule has 3 aliphatic carbocycles. The molecule has 2 aromatic carbocycles. The van der Waals surface area contributed by atoms with E-state index in [2.05, 4.69) is 31.5 Å². The summed E-state index contributed by atoms with van der Waals surface area (Å²) in [6.07, 6.45) is 8.16. The molecule has 2 bridgehead atoms. The Morgan fingerprint density at radius 1 is 1.20 bits per heavy atom. The number of H-pyrrole nitrogens is 1. The zero-order valence-electron chi connectivity index (χ0n) is 25.4. The van der Waals surface area contributed by atoms with Crippen LogP contribution in [0.15, 0.2) is 35.3 Å². The first-order valence-electron chi connectivity index (χ1n) is 16.5. The topological polar surface area (TPSA) is 158 Å². The molecular weight excluding hydrogens is 568 g/mol. The number of aliphatic hydroxyl groups is 1.